The number of hydrogen-bond acceptors (Lipinski definition) is 11. The Balaban J connectivity index is 1.51. The quantitative estimate of drug-likeness (QED) is 0.183. The highest BCUT2D eigenvalue weighted by Gasteiger charge is 2.56. The number of aliphatic hydroxyl groups is 3. The van der Waals surface area contributed by atoms with E-state index in [0.29, 0.717) is 30.6 Å². The molecule has 4 rings (SSSR count). The lowest BCUT2D eigenvalue weighted by atomic mass is 9.81. The number of nitrogens with zero attached hydrogens (tertiary/aromatic N) is 2. The van der Waals surface area contributed by atoms with Gasteiger partial charge in [0.15, 0.2) is 5.60 Å². The molecule has 8 atom stereocenters. The van der Waals surface area contributed by atoms with Gasteiger partial charge in [-0.1, -0.05) is 0 Å². The Bertz CT molecular complexity index is 1430. The molecule has 0 aromatic heterocycles. The summed E-state index contributed by atoms with van der Waals surface area (Å²) in [5.74, 6) is -2.48. The Kier molecular flexibility index (Phi) is 11.8. The van der Waals surface area contributed by atoms with Crippen molar-refractivity contribution >= 4 is 23.9 Å². The van der Waals surface area contributed by atoms with Crippen LogP contribution in [-0.4, -0.2) is 139 Å². The number of aromatic hydroxyl groups is 1. The third kappa shape index (κ3) is 8.51. The van der Waals surface area contributed by atoms with E-state index >= 15 is 0 Å². The van der Waals surface area contributed by atoms with E-state index in [-0.39, 0.29) is 30.3 Å². The van der Waals surface area contributed by atoms with Gasteiger partial charge in [-0.15, -0.1) is 0 Å². The van der Waals surface area contributed by atoms with Gasteiger partial charge in [0.25, 0.3) is 5.91 Å². The van der Waals surface area contributed by atoms with Crippen LogP contribution in [-0.2, 0) is 19.1 Å². The summed E-state index contributed by atoms with van der Waals surface area (Å²) in [5, 5.41) is 59.3. The average Bonchev–Trinajstić information content (AvgIpc) is 3.59. The van der Waals surface area contributed by atoms with Crippen molar-refractivity contribution < 1.29 is 54.2 Å². The molecule has 2 unspecified atom stereocenters. The van der Waals surface area contributed by atoms with Crippen molar-refractivity contribution in [3.05, 3.63) is 28.8 Å². The lowest BCUT2D eigenvalue weighted by Crippen LogP contribution is -2.68. The molecule has 3 fully saturated rings. The standard InChI is InChI=1S/C35H54N4O11/c1-19-14-23(15-20(2)27(19)43)30(45)36-17-25(42)28(44)29-26(37-22(4)40)24(41)16-35(49-29,31(46)47)11-13-39-21(3)8-9-34(39)10-12-38(18-34)32(48)50-33(5,6)7/h14-15,21,24-26,28-29,41-44H,8-13,16-18H2,1-7H3,(H,36,45)(H,37,40)(H,46,47)/t21?,24-,25+,26+,28+,29+,34?,35+/m0/s1. The molecular weight excluding hydrogens is 652 g/mol. The molecule has 3 aliphatic heterocycles. The molecule has 50 heavy (non-hydrogen) atoms. The molecule has 7 N–H and O–H groups in total. The zero-order chi connectivity index (χ0) is 37.3. The maximum absolute atomic E-state index is 13.0. The first kappa shape index (κ1) is 39.3. The average molecular weight is 707 g/mol. The molecule has 1 aromatic rings. The largest absolute Gasteiger partial charge is 0.507 e. The summed E-state index contributed by atoms with van der Waals surface area (Å²) in [7, 11) is 0. The van der Waals surface area contributed by atoms with E-state index in [4.69, 9.17) is 9.47 Å². The maximum atomic E-state index is 13.0. The van der Waals surface area contributed by atoms with Crippen molar-refractivity contribution in [1.82, 2.24) is 20.4 Å². The van der Waals surface area contributed by atoms with E-state index in [2.05, 4.69) is 15.5 Å². The van der Waals surface area contributed by atoms with E-state index in [0.717, 1.165) is 12.8 Å². The second-order valence-corrected chi connectivity index (χ2v) is 15.3. The summed E-state index contributed by atoms with van der Waals surface area (Å²) in [6.07, 6.45) is -5.15. The third-order valence-corrected chi connectivity index (χ3v) is 10.3. The second-order valence-electron chi connectivity index (χ2n) is 15.3. The van der Waals surface area contributed by atoms with Crippen molar-refractivity contribution in [3.63, 3.8) is 0 Å². The van der Waals surface area contributed by atoms with Crippen LogP contribution in [0.5, 0.6) is 5.75 Å². The molecule has 3 aliphatic rings. The highest BCUT2D eigenvalue weighted by atomic mass is 16.6. The molecule has 0 bridgehead atoms. The molecular formula is C35H54N4O11. The highest BCUT2D eigenvalue weighted by Crippen LogP contribution is 2.43. The van der Waals surface area contributed by atoms with E-state index in [1.165, 1.54) is 19.1 Å². The smallest absolute Gasteiger partial charge is 0.410 e. The number of carboxylic acids is 1. The number of benzene rings is 1. The summed E-state index contributed by atoms with van der Waals surface area (Å²) >= 11 is 0. The molecule has 1 aromatic carbocycles. The number of aliphatic carboxylic acids is 1. The van der Waals surface area contributed by atoms with Gasteiger partial charge in [-0.3, -0.25) is 14.5 Å². The lowest BCUT2D eigenvalue weighted by Gasteiger charge is -2.48. The van der Waals surface area contributed by atoms with Crippen molar-refractivity contribution in [1.29, 1.82) is 0 Å². The Morgan fingerprint density at radius 1 is 1.12 bits per heavy atom. The van der Waals surface area contributed by atoms with Crippen LogP contribution in [0.1, 0.15) is 88.2 Å². The predicted molar refractivity (Wildman–Crippen MR) is 181 cm³/mol. The Hall–Kier alpha value is -3.50. The molecule has 0 radical (unpaired) electrons. The predicted octanol–water partition coefficient (Wildman–Crippen LogP) is 1.19. The molecule has 3 amide bonds. The number of carbonyl (C=O) groups is 4. The van der Waals surface area contributed by atoms with Crippen LogP contribution < -0.4 is 10.6 Å². The van der Waals surface area contributed by atoms with Gasteiger partial charge in [0, 0.05) is 63.1 Å². The summed E-state index contributed by atoms with van der Waals surface area (Å²) in [6, 6.07) is 1.74. The molecule has 280 valence electrons. The van der Waals surface area contributed by atoms with Crippen molar-refractivity contribution in [2.75, 3.05) is 26.2 Å². The van der Waals surface area contributed by atoms with Gasteiger partial charge >= 0.3 is 12.1 Å². The third-order valence-electron chi connectivity index (χ3n) is 10.3. The number of nitrogens with one attached hydrogen (secondary N) is 2. The number of phenols is 1. The highest BCUT2D eigenvalue weighted by molar-refractivity contribution is 5.94. The molecule has 3 saturated heterocycles. The van der Waals surface area contributed by atoms with Gasteiger partial charge in [-0.2, -0.15) is 0 Å². The number of carbonyl (C=O) groups excluding carboxylic acids is 3. The van der Waals surface area contributed by atoms with Gasteiger partial charge in [0.2, 0.25) is 5.91 Å². The van der Waals surface area contributed by atoms with Gasteiger partial charge < -0.3 is 50.5 Å². The summed E-state index contributed by atoms with van der Waals surface area (Å²) in [5.41, 5.74) is -1.88. The SMILES string of the molecule is CC(=O)N[C@H]1[C@H]([C@H](O)[C@H](O)CNC(=O)c2cc(C)c(O)c(C)c2)O[C@@](CCN2C(C)CCC23CCN(C(=O)OC(C)(C)C)C3)(C(=O)O)C[C@@H]1O. The number of carboxylic acid groups (broad SMARTS) is 1. The Labute approximate surface area is 292 Å². The molecule has 15 heteroatoms. The number of aliphatic hydroxyl groups excluding tert-OH is 3. The Morgan fingerprint density at radius 3 is 2.34 bits per heavy atom. The molecule has 15 nitrogen and oxygen atoms in total. The second kappa shape index (κ2) is 15.0. The first-order chi connectivity index (χ1) is 23.2. The fourth-order valence-electron chi connectivity index (χ4n) is 7.67. The number of hydrogen-bond donors (Lipinski definition) is 7. The van der Waals surface area contributed by atoms with Crippen LogP contribution in [0.25, 0.3) is 0 Å². The van der Waals surface area contributed by atoms with E-state index < -0.39 is 84.0 Å². The van der Waals surface area contributed by atoms with Crippen LogP contribution in [0.15, 0.2) is 12.1 Å². The van der Waals surface area contributed by atoms with Crippen molar-refractivity contribution in [2.24, 2.45) is 0 Å². The van der Waals surface area contributed by atoms with Crippen LogP contribution in [0, 0.1) is 13.8 Å². The summed E-state index contributed by atoms with van der Waals surface area (Å²) < 4.78 is 11.8. The first-order valence-electron chi connectivity index (χ1n) is 17.2. The van der Waals surface area contributed by atoms with Gasteiger partial charge in [0.1, 0.15) is 23.6 Å². The number of amides is 3. The number of likely N-dealkylation sites (tertiary alicyclic amines) is 2. The fraction of sp³-hybridized carbons (Fsp3) is 0.714. The molecule has 3 heterocycles. The van der Waals surface area contributed by atoms with Crippen LogP contribution in [0.2, 0.25) is 0 Å². The van der Waals surface area contributed by atoms with Crippen LogP contribution in [0.3, 0.4) is 0 Å². The maximum Gasteiger partial charge on any atom is 0.410 e. The zero-order valence-corrected chi connectivity index (χ0v) is 30.1. The van der Waals surface area contributed by atoms with Crippen LogP contribution >= 0.6 is 0 Å². The summed E-state index contributed by atoms with van der Waals surface area (Å²) in [4.78, 5) is 54.7. The Morgan fingerprint density at radius 2 is 1.76 bits per heavy atom. The minimum atomic E-state index is -2.00. The lowest BCUT2D eigenvalue weighted by molar-refractivity contribution is -0.230. The number of ether oxygens (including phenoxy) is 2. The monoisotopic (exact) mass is 706 g/mol. The van der Waals surface area contributed by atoms with Crippen molar-refractivity contribution in [3.8, 4) is 5.75 Å². The topological polar surface area (TPSA) is 218 Å². The van der Waals surface area contributed by atoms with Gasteiger partial charge in [-0.05, 0) is 84.1 Å². The minimum absolute atomic E-state index is 0.0521. The zero-order valence-electron chi connectivity index (χ0n) is 30.1. The van der Waals surface area contributed by atoms with Crippen molar-refractivity contribution in [2.45, 2.75) is 134 Å². The van der Waals surface area contributed by atoms with E-state index in [1.54, 1.807) is 39.5 Å². The number of aryl methyl sites for hydroxylation is 2. The van der Waals surface area contributed by atoms with Gasteiger partial charge in [-0.25, -0.2) is 9.59 Å². The molecule has 0 saturated carbocycles. The molecule has 1 spiro atoms. The van der Waals surface area contributed by atoms with Gasteiger partial charge in [0.05, 0.1) is 18.2 Å². The minimum Gasteiger partial charge on any atom is -0.507 e. The first-order valence-corrected chi connectivity index (χ1v) is 17.2. The van der Waals surface area contributed by atoms with E-state index in [1.807, 2.05) is 6.92 Å². The molecule has 0 aliphatic carbocycles. The number of phenolic OH excluding ortho intramolecular Hbond substituents is 1. The normalized spacial score (nSPS) is 29.8. The number of rotatable bonds is 10. The fourth-order valence-corrected chi connectivity index (χ4v) is 7.67. The van der Waals surface area contributed by atoms with E-state index in [9.17, 15) is 44.7 Å². The summed E-state index contributed by atoms with van der Waals surface area (Å²) in [6.45, 7) is 12.6. The van der Waals surface area contributed by atoms with Crippen LogP contribution in [0.4, 0.5) is 4.79 Å².